The molecule has 2 aromatic heterocycles. The number of fused-ring (bicyclic) bond motifs is 1. The van der Waals surface area contributed by atoms with Gasteiger partial charge in [-0.2, -0.15) is 9.25 Å². The molecule has 3 heteroatoms. The van der Waals surface area contributed by atoms with Gasteiger partial charge in [-0.05, 0) is 32.9 Å². The van der Waals surface area contributed by atoms with Crippen LogP contribution in [0, 0.1) is 27.7 Å². The monoisotopic (exact) mass is 343 g/mol. The minimum atomic E-state index is 1.23. The number of hydrogen-bond donors (Lipinski definition) is 0. The molecular formula is C23H25N3+2. The van der Waals surface area contributed by atoms with Crippen molar-refractivity contribution in [2.45, 2.75) is 27.7 Å². The molecule has 2 heterocycles. The lowest BCUT2D eigenvalue weighted by atomic mass is 10.0. The van der Waals surface area contributed by atoms with Gasteiger partial charge in [-0.3, -0.25) is 0 Å². The Balaban J connectivity index is 2.09. The van der Waals surface area contributed by atoms with Crippen LogP contribution in [0.25, 0.3) is 22.3 Å². The maximum absolute atomic E-state index is 2.32. The molecule has 2 aromatic carbocycles. The van der Waals surface area contributed by atoms with Gasteiger partial charge >= 0.3 is 0 Å². The number of pyridine rings is 1. The molecular weight excluding hydrogens is 318 g/mol. The lowest BCUT2D eigenvalue weighted by molar-refractivity contribution is -0.660. The predicted octanol–water partition coefficient (Wildman–Crippen LogP) is 3.97. The Kier molecular flexibility index (Phi) is 3.87. The van der Waals surface area contributed by atoms with Gasteiger partial charge in [0.2, 0.25) is 16.9 Å². The highest BCUT2D eigenvalue weighted by atomic mass is 15.4. The van der Waals surface area contributed by atoms with Crippen molar-refractivity contribution < 1.29 is 9.25 Å². The normalized spacial score (nSPS) is 11.3. The zero-order chi connectivity index (χ0) is 18.4. The zero-order valence-corrected chi connectivity index (χ0v) is 16.1. The Hall–Kier alpha value is -2.94. The number of nitrogens with zero attached hydrogens (tertiary/aromatic N) is 3. The first-order valence-electron chi connectivity index (χ1n) is 9.04. The highest BCUT2D eigenvalue weighted by Crippen LogP contribution is 2.24. The molecule has 0 saturated heterocycles. The van der Waals surface area contributed by atoms with Crippen LogP contribution in [0.4, 0.5) is 0 Å². The Labute approximate surface area is 154 Å². The smallest absolute Gasteiger partial charge is 0.164 e. The number of rotatable bonds is 2. The van der Waals surface area contributed by atoms with E-state index in [0.29, 0.717) is 0 Å². The molecule has 0 N–H and O–H groups in total. The summed E-state index contributed by atoms with van der Waals surface area (Å²) in [6.07, 6.45) is 4.34. The van der Waals surface area contributed by atoms with Crippen LogP contribution in [0.1, 0.15) is 22.4 Å². The SMILES string of the molecule is Cc1cc(C)c(-[n+]2c3ccccc3cn2C)c(C)c1-[n+]1ccccc1C. The zero-order valence-electron chi connectivity index (χ0n) is 16.1. The molecule has 0 aliphatic rings. The Morgan fingerprint density at radius 1 is 0.808 bits per heavy atom. The Morgan fingerprint density at radius 3 is 2.27 bits per heavy atom. The fourth-order valence-electron chi connectivity index (χ4n) is 4.14. The number of hydrogen-bond acceptors (Lipinski definition) is 0. The van der Waals surface area contributed by atoms with Gasteiger partial charge in [0.05, 0.1) is 24.2 Å². The fraction of sp³-hybridized carbons (Fsp3) is 0.217. The third-order valence-corrected chi connectivity index (χ3v) is 5.21. The summed E-state index contributed by atoms with van der Waals surface area (Å²) in [5, 5.41) is 1.25. The molecule has 0 bridgehead atoms. The van der Waals surface area contributed by atoms with Gasteiger partial charge < -0.3 is 0 Å². The summed E-state index contributed by atoms with van der Waals surface area (Å²) in [6.45, 7) is 8.80. The van der Waals surface area contributed by atoms with Crippen molar-refractivity contribution in [3.05, 3.63) is 83.3 Å². The molecule has 0 unspecified atom stereocenters. The second-order valence-electron chi connectivity index (χ2n) is 7.12. The third kappa shape index (κ3) is 2.43. The standard InChI is InChI=1S/C23H25N3/c1-16-14-17(2)23(19(4)22(16)25-13-9-8-10-18(25)3)26-21-12-7-6-11-20(21)15-24(26)5/h6-15H,1-5H3/q+2. The summed E-state index contributed by atoms with van der Waals surface area (Å²) in [5.41, 5.74) is 8.85. The van der Waals surface area contributed by atoms with Crippen LogP contribution in [0.3, 0.4) is 0 Å². The first-order chi connectivity index (χ1) is 12.5. The quantitative estimate of drug-likeness (QED) is 0.489. The Morgan fingerprint density at radius 2 is 1.50 bits per heavy atom. The molecule has 0 aliphatic carbocycles. The molecule has 0 amide bonds. The average Bonchev–Trinajstić information content (AvgIpc) is 2.92. The largest absolute Gasteiger partial charge is 0.248 e. The minimum absolute atomic E-state index is 1.23. The molecule has 26 heavy (non-hydrogen) atoms. The molecule has 130 valence electrons. The van der Waals surface area contributed by atoms with E-state index in [4.69, 9.17) is 0 Å². The van der Waals surface area contributed by atoms with E-state index in [1.807, 2.05) is 0 Å². The van der Waals surface area contributed by atoms with E-state index in [9.17, 15) is 0 Å². The molecule has 4 rings (SSSR count). The van der Waals surface area contributed by atoms with Crippen LogP contribution in [-0.2, 0) is 7.05 Å². The highest BCUT2D eigenvalue weighted by molar-refractivity contribution is 5.75. The summed E-state index contributed by atoms with van der Waals surface area (Å²) in [6, 6.07) is 17.2. The van der Waals surface area contributed by atoms with Crippen LogP contribution in [0.5, 0.6) is 0 Å². The van der Waals surface area contributed by atoms with Crippen LogP contribution in [0.2, 0.25) is 0 Å². The van der Waals surface area contributed by atoms with E-state index in [0.717, 1.165) is 0 Å². The van der Waals surface area contributed by atoms with Crippen LogP contribution in [0.15, 0.2) is 60.9 Å². The molecule has 0 aliphatic heterocycles. The van der Waals surface area contributed by atoms with Crippen molar-refractivity contribution in [2.24, 2.45) is 7.05 Å². The van der Waals surface area contributed by atoms with E-state index >= 15 is 0 Å². The van der Waals surface area contributed by atoms with Crippen molar-refractivity contribution in [3.8, 4) is 11.4 Å². The summed E-state index contributed by atoms with van der Waals surface area (Å²) in [4.78, 5) is 0. The molecule has 0 spiro atoms. The van der Waals surface area contributed by atoms with E-state index in [-0.39, 0.29) is 0 Å². The fourth-order valence-corrected chi connectivity index (χ4v) is 4.14. The number of benzene rings is 2. The number of para-hydroxylation sites is 1. The minimum Gasteiger partial charge on any atom is -0.164 e. The van der Waals surface area contributed by atoms with E-state index < -0.39 is 0 Å². The summed E-state index contributed by atoms with van der Waals surface area (Å²) >= 11 is 0. The Bertz CT molecular complexity index is 1140. The lowest BCUT2D eigenvalue weighted by Crippen LogP contribution is -2.43. The van der Waals surface area contributed by atoms with Crippen molar-refractivity contribution in [1.29, 1.82) is 0 Å². The molecule has 0 saturated carbocycles. The van der Waals surface area contributed by atoms with Crippen molar-refractivity contribution in [2.75, 3.05) is 0 Å². The molecule has 4 aromatic rings. The van der Waals surface area contributed by atoms with Gasteiger partial charge in [0.15, 0.2) is 11.9 Å². The molecule has 0 fully saturated rings. The van der Waals surface area contributed by atoms with E-state index in [2.05, 4.69) is 110 Å². The maximum Gasteiger partial charge on any atom is 0.248 e. The van der Waals surface area contributed by atoms with E-state index in [1.165, 1.54) is 44.7 Å². The second-order valence-corrected chi connectivity index (χ2v) is 7.12. The lowest BCUT2D eigenvalue weighted by Gasteiger charge is -2.11. The van der Waals surface area contributed by atoms with Gasteiger partial charge in [0, 0.05) is 36.2 Å². The van der Waals surface area contributed by atoms with Crippen LogP contribution in [-0.4, -0.2) is 4.68 Å². The van der Waals surface area contributed by atoms with Gasteiger partial charge in [-0.1, -0.05) is 22.9 Å². The van der Waals surface area contributed by atoms with Crippen LogP contribution < -0.4 is 9.25 Å². The van der Waals surface area contributed by atoms with Gasteiger partial charge in [-0.15, -0.1) is 0 Å². The van der Waals surface area contributed by atoms with E-state index in [1.54, 1.807) is 0 Å². The van der Waals surface area contributed by atoms with Crippen molar-refractivity contribution in [1.82, 2.24) is 4.68 Å². The second kappa shape index (κ2) is 6.10. The van der Waals surface area contributed by atoms with Gasteiger partial charge in [-0.25, -0.2) is 0 Å². The van der Waals surface area contributed by atoms with Gasteiger partial charge in [0.1, 0.15) is 0 Å². The molecule has 0 radical (unpaired) electrons. The number of aromatic nitrogens is 3. The predicted molar refractivity (Wildman–Crippen MR) is 105 cm³/mol. The maximum atomic E-state index is 2.32. The van der Waals surface area contributed by atoms with Gasteiger partial charge in [0.25, 0.3) is 0 Å². The summed E-state index contributed by atoms with van der Waals surface area (Å²) < 4.78 is 6.79. The average molecular weight is 343 g/mol. The topological polar surface area (TPSA) is 12.7 Å². The van der Waals surface area contributed by atoms with Crippen LogP contribution >= 0.6 is 0 Å². The number of aryl methyl sites for hydroxylation is 4. The molecule has 3 nitrogen and oxygen atoms in total. The first kappa shape index (κ1) is 16.5. The highest BCUT2D eigenvalue weighted by Gasteiger charge is 2.29. The summed E-state index contributed by atoms with van der Waals surface area (Å²) in [7, 11) is 2.11. The summed E-state index contributed by atoms with van der Waals surface area (Å²) in [5.74, 6) is 0. The first-order valence-corrected chi connectivity index (χ1v) is 9.04. The third-order valence-electron chi connectivity index (χ3n) is 5.21. The van der Waals surface area contributed by atoms with Crippen molar-refractivity contribution >= 4 is 10.9 Å². The van der Waals surface area contributed by atoms with Crippen molar-refractivity contribution in [3.63, 3.8) is 0 Å². The molecule has 0 atom stereocenters.